The van der Waals surface area contributed by atoms with Gasteiger partial charge >= 0.3 is 0 Å². The molecule has 3 aromatic rings. The number of carbonyl (C=O) groups is 2. The number of amides is 2. The van der Waals surface area contributed by atoms with Crippen molar-refractivity contribution in [1.29, 1.82) is 0 Å². The van der Waals surface area contributed by atoms with E-state index in [4.69, 9.17) is 21.7 Å². The molecule has 0 heterocycles. The van der Waals surface area contributed by atoms with Crippen LogP contribution in [0.4, 0.5) is 0 Å². The highest BCUT2D eigenvalue weighted by molar-refractivity contribution is 7.80. The number of ether oxygens (including phenoxy) is 2. The zero-order valence-electron chi connectivity index (χ0n) is 16.8. The Balaban J connectivity index is 1.57. The molecule has 3 rings (SSSR count). The average molecular weight is 436 g/mol. The fourth-order valence-electron chi connectivity index (χ4n) is 2.73. The van der Waals surface area contributed by atoms with Crippen LogP contribution in [0, 0.1) is 0 Å². The lowest BCUT2D eigenvalue weighted by Crippen LogP contribution is -2.48. The molecule has 0 bridgehead atoms. The van der Waals surface area contributed by atoms with E-state index in [2.05, 4.69) is 16.2 Å². The van der Waals surface area contributed by atoms with E-state index in [-0.39, 0.29) is 5.11 Å². The predicted molar refractivity (Wildman–Crippen MR) is 121 cm³/mol. The first-order valence-corrected chi connectivity index (χ1v) is 9.79. The topological polar surface area (TPSA) is 88.7 Å². The molecule has 0 unspecified atom stereocenters. The first-order chi connectivity index (χ1) is 15.1. The molecule has 31 heavy (non-hydrogen) atoms. The molecule has 0 aliphatic rings. The Hall–Kier alpha value is -3.91. The lowest BCUT2D eigenvalue weighted by molar-refractivity contribution is 0.0930. The quantitative estimate of drug-likeness (QED) is 0.407. The average Bonchev–Trinajstić information content (AvgIpc) is 2.82. The standard InChI is InChI=1S/C23H21N3O4S/c1-29-19-13-7-5-11-17(19)21(27)24-23(31)26-25-22(28)18-12-6-8-14-20(18)30-15-16-9-3-2-4-10-16/h2-14H,15H2,1H3,(H,25,28)(H2,24,26,27,31). The molecular formula is C23H21N3O4S. The Kier molecular flexibility index (Phi) is 7.56. The van der Waals surface area contributed by atoms with Gasteiger partial charge in [0.25, 0.3) is 11.8 Å². The van der Waals surface area contributed by atoms with Crippen molar-refractivity contribution < 1.29 is 19.1 Å². The van der Waals surface area contributed by atoms with E-state index in [1.54, 1.807) is 48.5 Å². The van der Waals surface area contributed by atoms with Crippen LogP contribution in [0.3, 0.4) is 0 Å². The second-order valence-electron chi connectivity index (χ2n) is 6.33. The molecule has 3 N–H and O–H groups in total. The third-order valence-corrected chi connectivity index (χ3v) is 4.44. The van der Waals surface area contributed by atoms with Gasteiger partial charge in [0.2, 0.25) is 0 Å². The molecule has 7 nitrogen and oxygen atoms in total. The summed E-state index contributed by atoms with van der Waals surface area (Å²) in [6, 6.07) is 23.2. The van der Waals surface area contributed by atoms with Crippen LogP contribution in [0.15, 0.2) is 78.9 Å². The van der Waals surface area contributed by atoms with Gasteiger partial charge in [-0.05, 0) is 42.0 Å². The molecule has 158 valence electrons. The fourth-order valence-corrected chi connectivity index (χ4v) is 2.87. The normalized spacial score (nSPS) is 9.97. The van der Waals surface area contributed by atoms with Crippen LogP contribution in [-0.4, -0.2) is 24.0 Å². The third kappa shape index (κ3) is 6.03. The van der Waals surface area contributed by atoms with E-state index in [1.165, 1.54) is 7.11 Å². The van der Waals surface area contributed by atoms with Gasteiger partial charge in [-0.3, -0.25) is 25.8 Å². The summed E-state index contributed by atoms with van der Waals surface area (Å²) in [5.74, 6) is -0.0840. The van der Waals surface area contributed by atoms with Gasteiger partial charge in [0.05, 0.1) is 18.2 Å². The molecular weight excluding hydrogens is 414 g/mol. The van der Waals surface area contributed by atoms with Gasteiger partial charge in [-0.2, -0.15) is 0 Å². The molecule has 0 aliphatic heterocycles. The summed E-state index contributed by atoms with van der Waals surface area (Å²) >= 11 is 5.10. The van der Waals surface area contributed by atoms with E-state index in [0.717, 1.165) is 5.56 Å². The van der Waals surface area contributed by atoms with Crippen LogP contribution in [0.5, 0.6) is 11.5 Å². The van der Waals surface area contributed by atoms with Crippen LogP contribution in [0.25, 0.3) is 0 Å². The first kappa shape index (κ1) is 21.8. The van der Waals surface area contributed by atoms with Crippen molar-refractivity contribution >= 4 is 29.1 Å². The summed E-state index contributed by atoms with van der Waals surface area (Å²) in [4.78, 5) is 25.0. The van der Waals surface area contributed by atoms with Gasteiger partial charge in [0.15, 0.2) is 5.11 Å². The highest BCUT2D eigenvalue weighted by Crippen LogP contribution is 2.19. The Bertz CT molecular complexity index is 1070. The van der Waals surface area contributed by atoms with E-state index in [1.807, 2.05) is 30.3 Å². The van der Waals surface area contributed by atoms with Crippen LogP contribution in [0.1, 0.15) is 26.3 Å². The smallest absolute Gasteiger partial charge is 0.273 e. The molecule has 2 amide bonds. The number of thiocarbonyl (C=S) groups is 1. The number of hydrogen-bond donors (Lipinski definition) is 3. The third-order valence-electron chi connectivity index (χ3n) is 4.24. The van der Waals surface area contributed by atoms with Gasteiger partial charge < -0.3 is 9.47 Å². The number of benzene rings is 3. The number of hydrazine groups is 1. The molecule has 0 aliphatic carbocycles. The van der Waals surface area contributed by atoms with E-state index < -0.39 is 11.8 Å². The lowest BCUT2D eigenvalue weighted by Gasteiger charge is -2.14. The largest absolute Gasteiger partial charge is 0.496 e. The Morgan fingerprint density at radius 3 is 2.03 bits per heavy atom. The molecule has 3 aromatic carbocycles. The van der Waals surface area contributed by atoms with E-state index in [0.29, 0.717) is 29.2 Å². The highest BCUT2D eigenvalue weighted by Gasteiger charge is 2.15. The van der Waals surface area contributed by atoms with E-state index >= 15 is 0 Å². The van der Waals surface area contributed by atoms with Gasteiger partial charge in [-0.15, -0.1) is 0 Å². The highest BCUT2D eigenvalue weighted by atomic mass is 32.1. The zero-order chi connectivity index (χ0) is 22.1. The van der Waals surface area contributed by atoms with E-state index in [9.17, 15) is 9.59 Å². The monoisotopic (exact) mass is 435 g/mol. The molecule has 0 radical (unpaired) electrons. The summed E-state index contributed by atoms with van der Waals surface area (Å²) in [5.41, 5.74) is 6.62. The maximum atomic E-state index is 12.6. The number of methoxy groups -OCH3 is 1. The second-order valence-corrected chi connectivity index (χ2v) is 6.74. The Labute approximate surface area is 185 Å². The van der Waals surface area contributed by atoms with Gasteiger partial charge in [-0.1, -0.05) is 54.6 Å². The number of para-hydroxylation sites is 2. The molecule has 0 fully saturated rings. The van der Waals surface area contributed by atoms with Gasteiger partial charge in [0.1, 0.15) is 18.1 Å². The summed E-state index contributed by atoms with van der Waals surface area (Å²) < 4.78 is 11.0. The Morgan fingerprint density at radius 1 is 0.774 bits per heavy atom. The molecule has 0 atom stereocenters. The molecule has 0 spiro atoms. The lowest BCUT2D eigenvalue weighted by atomic mass is 10.2. The van der Waals surface area contributed by atoms with Crippen LogP contribution >= 0.6 is 12.2 Å². The van der Waals surface area contributed by atoms with Gasteiger partial charge in [-0.25, -0.2) is 0 Å². The van der Waals surface area contributed by atoms with Crippen LogP contribution < -0.4 is 25.6 Å². The summed E-state index contributed by atoms with van der Waals surface area (Å²) in [7, 11) is 1.47. The fraction of sp³-hybridized carbons (Fsp3) is 0.0870. The first-order valence-electron chi connectivity index (χ1n) is 9.39. The van der Waals surface area contributed by atoms with Crippen LogP contribution in [-0.2, 0) is 6.61 Å². The molecule has 0 aromatic heterocycles. The van der Waals surface area contributed by atoms with Crippen molar-refractivity contribution in [3.8, 4) is 11.5 Å². The van der Waals surface area contributed by atoms with Crippen molar-refractivity contribution in [1.82, 2.24) is 16.2 Å². The number of carbonyl (C=O) groups excluding carboxylic acids is 2. The number of rotatable bonds is 6. The molecule has 0 saturated carbocycles. The minimum atomic E-state index is -0.462. The summed E-state index contributed by atoms with van der Waals surface area (Å²) in [6.45, 7) is 0.325. The van der Waals surface area contributed by atoms with Crippen molar-refractivity contribution in [2.24, 2.45) is 0 Å². The van der Waals surface area contributed by atoms with Crippen molar-refractivity contribution in [3.63, 3.8) is 0 Å². The summed E-state index contributed by atoms with van der Waals surface area (Å²) in [5, 5.41) is 2.43. The predicted octanol–water partition coefficient (Wildman–Crippen LogP) is 3.22. The van der Waals surface area contributed by atoms with Gasteiger partial charge in [0, 0.05) is 0 Å². The maximum absolute atomic E-state index is 12.6. The minimum Gasteiger partial charge on any atom is -0.496 e. The summed E-state index contributed by atoms with van der Waals surface area (Å²) in [6.07, 6.45) is 0. The van der Waals surface area contributed by atoms with Crippen molar-refractivity contribution in [3.05, 3.63) is 95.6 Å². The maximum Gasteiger partial charge on any atom is 0.273 e. The molecule has 0 saturated heterocycles. The van der Waals surface area contributed by atoms with Crippen LogP contribution in [0.2, 0.25) is 0 Å². The second kappa shape index (κ2) is 10.7. The minimum absolute atomic E-state index is 0.0630. The van der Waals surface area contributed by atoms with Crippen molar-refractivity contribution in [2.45, 2.75) is 6.61 Å². The molecule has 8 heteroatoms. The zero-order valence-corrected chi connectivity index (χ0v) is 17.6. The number of hydrogen-bond acceptors (Lipinski definition) is 5. The Morgan fingerprint density at radius 2 is 1.35 bits per heavy atom. The SMILES string of the molecule is COc1ccccc1C(=O)NC(=S)NNC(=O)c1ccccc1OCc1ccccc1. The van der Waals surface area contributed by atoms with Crippen molar-refractivity contribution in [2.75, 3.05) is 7.11 Å². The number of nitrogens with one attached hydrogen (secondary N) is 3.